The van der Waals surface area contributed by atoms with Crippen molar-refractivity contribution < 1.29 is 17.6 Å². The Morgan fingerprint density at radius 3 is 2.64 bits per heavy atom. The van der Waals surface area contributed by atoms with Gasteiger partial charge in [-0.25, -0.2) is 14.1 Å². The SMILES string of the molecule is CNc1cc(F)cc2c1[nH]c1ncc(-c3cncc(C#N)c3)c(-n3cc(C(F)(F)F)cn3)c12. The first-order valence-electron chi connectivity index (χ1n) is 9.59. The number of aromatic amines is 1. The Balaban J connectivity index is 1.92. The number of hydrogen-bond acceptors (Lipinski definition) is 5. The number of alkyl halides is 3. The van der Waals surface area contributed by atoms with E-state index in [-0.39, 0.29) is 11.3 Å². The van der Waals surface area contributed by atoms with Gasteiger partial charge in [-0.3, -0.25) is 4.98 Å². The lowest BCUT2D eigenvalue weighted by atomic mass is 10.0. The van der Waals surface area contributed by atoms with Crippen LogP contribution in [0.25, 0.3) is 38.8 Å². The van der Waals surface area contributed by atoms with E-state index < -0.39 is 17.6 Å². The van der Waals surface area contributed by atoms with Crippen LogP contribution in [0.3, 0.4) is 0 Å². The Morgan fingerprint density at radius 2 is 1.94 bits per heavy atom. The molecule has 4 aromatic heterocycles. The molecule has 11 heteroatoms. The predicted molar refractivity (Wildman–Crippen MR) is 113 cm³/mol. The molecule has 1 aromatic carbocycles. The summed E-state index contributed by atoms with van der Waals surface area (Å²) >= 11 is 0. The second-order valence-electron chi connectivity index (χ2n) is 7.24. The van der Waals surface area contributed by atoms with Crippen LogP contribution in [0.1, 0.15) is 11.1 Å². The minimum atomic E-state index is -4.60. The molecule has 0 unspecified atom stereocenters. The number of nitrogens with one attached hydrogen (secondary N) is 2. The van der Waals surface area contributed by atoms with E-state index in [9.17, 15) is 22.8 Å². The molecule has 0 bridgehead atoms. The summed E-state index contributed by atoms with van der Waals surface area (Å²) in [4.78, 5) is 11.6. The maximum absolute atomic E-state index is 14.4. The lowest BCUT2D eigenvalue weighted by Gasteiger charge is -2.12. The van der Waals surface area contributed by atoms with E-state index >= 15 is 0 Å². The lowest BCUT2D eigenvalue weighted by Crippen LogP contribution is -2.04. The smallest absolute Gasteiger partial charge is 0.386 e. The van der Waals surface area contributed by atoms with Crippen LogP contribution in [0.15, 0.2) is 49.2 Å². The van der Waals surface area contributed by atoms with Gasteiger partial charge in [0, 0.05) is 48.3 Å². The van der Waals surface area contributed by atoms with E-state index in [1.807, 2.05) is 6.07 Å². The van der Waals surface area contributed by atoms with Crippen LogP contribution < -0.4 is 5.32 Å². The highest BCUT2D eigenvalue weighted by molar-refractivity contribution is 6.15. The van der Waals surface area contributed by atoms with Gasteiger partial charge in [-0.05, 0) is 18.2 Å². The van der Waals surface area contributed by atoms with Gasteiger partial charge in [0.15, 0.2) is 0 Å². The van der Waals surface area contributed by atoms with Crippen LogP contribution in [0.2, 0.25) is 0 Å². The molecule has 0 saturated heterocycles. The highest BCUT2D eigenvalue weighted by Gasteiger charge is 2.33. The number of H-pyrrole nitrogens is 1. The van der Waals surface area contributed by atoms with Crippen molar-refractivity contribution in [3.63, 3.8) is 0 Å². The zero-order chi connectivity index (χ0) is 23.3. The monoisotopic (exact) mass is 451 g/mol. The Labute approximate surface area is 183 Å². The van der Waals surface area contributed by atoms with E-state index in [1.54, 1.807) is 13.1 Å². The van der Waals surface area contributed by atoms with E-state index in [4.69, 9.17) is 0 Å². The summed E-state index contributed by atoms with van der Waals surface area (Å²) in [7, 11) is 1.63. The molecule has 0 aliphatic carbocycles. The number of hydrogen-bond donors (Lipinski definition) is 2. The summed E-state index contributed by atoms with van der Waals surface area (Å²) < 4.78 is 55.5. The van der Waals surface area contributed by atoms with E-state index in [0.29, 0.717) is 44.9 Å². The van der Waals surface area contributed by atoms with Crippen molar-refractivity contribution in [2.75, 3.05) is 12.4 Å². The molecular formula is C22H13F4N7. The first-order chi connectivity index (χ1) is 15.8. The fourth-order valence-corrected chi connectivity index (χ4v) is 3.79. The van der Waals surface area contributed by atoms with Crippen LogP contribution in [0.5, 0.6) is 0 Å². The molecule has 33 heavy (non-hydrogen) atoms. The van der Waals surface area contributed by atoms with E-state index in [0.717, 1.165) is 10.9 Å². The summed E-state index contributed by atoms with van der Waals surface area (Å²) in [6, 6.07) is 6.11. The number of halogens is 4. The van der Waals surface area contributed by atoms with Gasteiger partial charge >= 0.3 is 6.18 Å². The minimum Gasteiger partial charge on any atom is -0.386 e. The van der Waals surface area contributed by atoms with Crippen molar-refractivity contribution in [2.24, 2.45) is 0 Å². The number of aromatic nitrogens is 5. The largest absolute Gasteiger partial charge is 0.419 e. The van der Waals surface area contributed by atoms with Gasteiger partial charge in [-0.1, -0.05) is 0 Å². The van der Waals surface area contributed by atoms with Crippen LogP contribution in [0.4, 0.5) is 23.2 Å². The molecular weight excluding hydrogens is 438 g/mol. The molecule has 0 aliphatic heterocycles. The predicted octanol–water partition coefficient (Wildman–Crippen LogP) is 5.04. The van der Waals surface area contributed by atoms with Crippen LogP contribution in [-0.4, -0.2) is 31.8 Å². The first kappa shape index (κ1) is 20.4. The summed E-state index contributed by atoms with van der Waals surface area (Å²) in [5.74, 6) is -0.534. The number of nitriles is 1. The molecule has 0 saturated carbocycles. The summed E-state index contributed by atoms with van der Waals surface area (Å²) in [5.41, 5.74) is 1.71. The quantitative estimate of drug-likeness (QED) is 0.375. The number of fused-ring (bicyclic) bond motifs is 3. The molecule has 0 aliphatic rings. The van der Waals surface area contributed by atoms with E-state index in [2.05, 4.69) is 25.4 Å². The molecule has 4 heterocycles. The minimum absolute atomic E-state index is 0.242. The second kappa shape index (κ2) is 7.30. The Kier molecular flexibility index (Phi) is 4.52. The van der Waals surface area contributed by atoms with Crippen LogP contribution in [-0.2, 0) is 6.18 Å². The average molecular weight is 451 g/mol. The lowest BCUT2D eigenvalue weighted by molar-refractivity contribution is -0.137. The fourth-order valence-electron chi connectivity index (χ4n) is 3.79. The highest BCUT2D eigenvalue weighted by Crippen LogP contribution is 2.39. The fraction of sp³-hybridized carbons (Fsp3) is 0.0909. The summed E-state index contributed by atoms with van der Waals surface area (Å²) in [6.07, 6.45) is 1.26. The maximum atomic E-state index is 14.4. The van der Waals surface area contributed by atoms with Crippen molar-refractivity contribution in [3.8, 4) is 22.9 Å². The van der Waals surface area contributed by atoms with Gasteiger partial charge < -0.3 is 10.3 Å². The molecule has 0 atom stereocenters. The number of benzene rings is 1. The van der Waals surface area contributed by atoms with Gasteiger partial charge in [-0.15, -0.1) is 0 Å². The Morgan fingerprint density at radius 1 is 1.12 bits per heavy atom. The topological polar surface area (TPSA) is 95.2 Å². The van der Waals surface area contributed by atoms with Crippen molar-refractivity contribution >= 4 is 27.6 Å². The molecule has 0 fully saturated rings. The number of anilines is 1. The Bertz CT molecular complexity index is 1570. The maximum Gasteiger partial charge on any atom is 0.419 e. The van der Waals surface area contributed by atoms with Crippen molar-refractivity contribution in [1.82, 2.24) is 24.7 Å². The zero-order valence-electron chi connectivity index (χ0n) is 16.9. The van der Waals surface area contributed by atoms with Crippen molar-refractivity contribution in [2.45, 2.75) is 6.18 Å². The van der Waals surface area contributed by atoms with Crippen LogP contribution in [0, 0.1) is 17.1 Å². The van der Waals surface area contributed by atoms with Gasteiger partial charge in [0.25, 0.3) is 0 Å². The second-order valence-corrected chi connectivity index (χ2v) is 7.24. The van der Waals surface area contributed by atoms with Crippen molar-refractivity contribution in [1.29, 1.82) is 5.26 Å². The zero-order valence-corrected chi connectivity index (χ0v) is 16.9. The van der Waals surface area contributed by atoms with Gasteiger partial charge in [0.05, 0.1) is 39.6 Å². The number of nitrogens with zero attached hydrogens (tertiary/aromatic N) is 5. The normalized spacial score (nSPS) is 11.8. The van der Waals surface area contributed by atoms with Gasteiger partial charge in [-0.2, -0.15) is 23.5 Å². The molecule has 5 aromatic rings. The molecule has 0 radical (unpaired) electrons. The number of pyridine rings is 2. The van der Waals surface area contributed by atoms with Gasteiger partial charge in [0.1, 0.15) is 17.5 Å². The molecule has 7 nitrogen and oxygen atoms in total. The molecule has 164 valence electrons. The van der Waals surface area contributed by atoms with Crippen LogP contribution >= 0.6 is 0 Å². The standard InChI is InChI=1S/C22H13F4N7/c1-28-17-4-14(23)3-15-18-20(33-10-13(8-31-33)22(24,25)26)16(9-30-21(18)32-19(15)17)12-2-11(5-27)6-29-7-12/h2-4,6-10,28H,1H3,(H,30,32). The molecule has 0 amide bonds. The third-order valence-electron chi connectivity index (χ3n) is 5.25. The molecule has 5 rings (SSSR count). The third kappa shape index (κ3) is 3.32. The van der Waals surface area contributed by atoms with E-state index in [1.165, 1.54) is 30.7 Å². The summed E-state index contributed by atoms with van der Waals surface area (Å²) in [6.45, 7) is 0. The highest BCUT2D eigenvalue weighted by atomic mass is 19.4. The molecule has 0 spiro atoms. The Hall–Kier alpha value is -4.46. The number of rotatable bonds is 3. The average Bonchev–Trinajstić information content (AvgIpc) is 3.43. The molecule has 2 N–H and O–H groups in total. The summed E-state index contributed by atoms with van der Waals surface area (Å²) in [5, 5.41) is 16.9. The first-order valence-corrected chi connectivity index (χ1v) is 9.59. The van der Waals surface area contributed by atoms with Crippen molar-refractivity contribution in [3.05, 3.63) is 66.1 Å². The third-order valence-corrected chi connectivity index (χ3v) is 5.25. The van der Waals surface area contributed by atoms with Gasteiger partial charge in [0.2, 0.25) is 0 Å².